The summed E-state index contributed by atoms with van der Waals surface area (Å²) in [4.78, 5) is 13.2. The van der Waals surface area contributed by atoms with E-state index in [0.29, 0.717) is 32.3 Å². The van der Waals surface area contributed by atoms with Crippen molar-refractivity contribution in [2.45, 2.75) is 0 Å². The average molecular weight is 448 g/mol. The fraction of sp³-hybridized carbons (Fsp3) is 0.0870. The second-order valence-electron chi connectivity index (χ2n) is 7.33. The Morgan fingerprint density at radius 1 is 0.968 bits per heavy atom. The molecule has 0 unspecified atom stereocenters. The Morgan fingerprint density at radius 2 is 1.77 bits per heavy atom. The van der Waals surface area contributed by atoms with E-state index in [0.717, 1.165) is 22.0 Å². The van der Waals surface area contributed by atoms with Gasteiger partial charge in [-0.15, -0.1) is 0 Å². The summed E-state index contributed by atoms with van der Waals surface area (Å²) in [5.41, 5.74) is 3.77. The number of pyridine rings is 1. The maximum absolute atomic E-state index is 13.2. The molecule has 2 aromatic carbocycles. The molecule has 3 heterocycles. The van der Waals surface area contributed by atoms with E-state index in [1.54, 1.807) is 36.0 Å². The molecule has 0 saturated heterocycles. The molecule has 0 N–H and O–H groups in total. The van der Waals surface area contributed by atoms with Gasteiger partial charge in [0.2, 0.25) is 0 Å². The molecule has 0 bridgehead atoms. The Hall–Kier alpha value is -3.53. The summed E-state index contributed by atoms with van der Waals surface area (Å²) >= 11 is 12.4. The van der Waals surface area contributed by atoms with Gasteiger partial charge >= 0.3 is 0 Å². The van der Waals surface area contributed by atoms with Gasteiger partial charge in [-0.25, -0.2) is 4.57 Å². The SMILES string of the molecule is Cn1ccc(-c2ccc3c(c2)c2cc(-c4ccc(Cl)cc4Cl)c(=O)n(C)c2n3C#N)n1. The maximum Gasteiger partial charge on any atom is 0.259 e. The van der Waals surface area contributed by atoms with Crippen LogP contribution in [0.15, 0.2) is 59.5 Å². The molecule has 6 nitrogen and oxygen atoms in total. The van der Waals surface area contributed by atoms with E-state index in [2.05, 4.69) is 11.3 Å². The molecular formula is C23H15Cl2N5O. The maximum atomic E-state index is 13.2. The zero-order valence-corrected chi connectivity index (χ0v) is 18.1. The van der Waals surface area contributed by atoms with E-state index in [4.69, 9.17) is 23.2 Å². The molecule has 5 rings (SSSR count). The van der Waals surface area contributed by atoms with E-state index < -0.39 is 0 Å². The first-order valence-electron chi connectivity index (χ1n) is 9.43. The summed E-state index contributed by atoms with van der Waals surface area (Å²) in [5, 5.41) is 16.8. The van der Waals surface area contributed by atoms with E-state index >= 15 is 0 Å². The molecule has 3 aromatic heterocycles. The lowest BCUT2D eigenvalue weighted by atomic mass is 10.0. The first-order valence-corrected chi connectivity index (χ1v) is 10.2. The third-order valence-corrected chi connectivity index (χ3v) is 6.00. The van der Waals surface area contributed by atoms with Crippen molar-refractivity contribution in [2.24, 2.45) is 14.1 Å². The standard InChI is InChI=1S/C23H15Cl2N5O/c1-28-8-7-20(27-28)13-3-6-21-16(9-13)17-11-18(15-5-4-14(24)10-19(15)25)23(31)29(2)22(17)30(21)12-26/h3-11H,1-2H3. The molecule has 0 amide bonds. The van der Waals surface area contributed by atoms with Gasteiger partial charge in [0, 0.05) is 52.8 Å². The summed E-state index contributed by atoms with van der Waals surface area (Å²) in [7, 11) is 3.52. The Labute approximate surface area is 187 Å². The molecule has 0 saturated carbocycles. The number of hydrogen-bond donors (Lipinski definition) is 0. The molecule has 0 fully saturated rings. The second-order valence-corrected chi connectivity index (χ2v) is 8.17. The zero-order chi connectivity index (χ0) is 21.9. The molecule has 0 spiro atoms. The third-order valence-electron chi connectivity index (χ3n) is 5.45. The monoisotopic (exact) mass is 447 g/mol. The van der Waals surface area contributed by atoms with Crippen LogP contribution in [0.4, 0.5) is 0 Å². The van der Waals surface area contributed by atoms with Crippen molar-refractivity contribution >= 4 is 45.1 Å². The molecular weight excluding hydrogens is 433 g/mol. The van der Waals surface area contributed by atoms with Crippen molar-refractivity contribution in [1.29, 1.82) is 5.26 Å². The molecule has 0 radical (unpaired) electrons. The normalized spacial score (nSPS) is 11.3. The minimum absolute atomic E-state index is 0.249. The Morgan fingerprint density at radius 3 is 2.45 bits per heavy atom. The lowest BCUT2D eigenvalue weighted by molar-refractivity contribution is 0.771. The predicted octanol–water partition coefficient (Wildman–Crippen LogP) is 5.20. The number of nitrogens with zero attached hydrogens (tertiary/aromatic N) is 5. The van der Waals surface area contributed by atoms with Gasteiger partial charge in [-0.2, -0.15) is 10.4 Å². The largest absolute Gasteiger partial charge is 0.296 e. The summed E-state index contributed by atoms with van der Waals surface area (Å²) in [6, 6.07) is 14.6. The number of hydrogen-bond acceptors (Lipinski definition) is 3. The lowest BCUT2D eigenvalue weighted by Gasteiger charge is -2.09. The molecule has 0 aliphatic rings. The number of nitriles is 1. The topological polar surface area (TPSA) is 68.5 Å². The molecule has 0 aliphatic carbocycles. The lowest BCUT2D eigenvalue weighted by Crippen LogP contribution is -2.20. The van der Waals surface area contributed by atoms with Crippen molar-refractivity contribution < 1.29 is 0 Å². The van der Waals surface area contributed by atoms with Gasteiger partial charge in [0.25, 0.3) is 5.56 Å². The number of rotatable bonds is 2. The van der Waals surface area contributed by atoms with Crippen LogP contribution in [0.25, 0.3) is 44.3 Å². The van der Waals surface area contributed by atoms with E-state index in [-0.39, 0.29) is 5.56 Å². The highest BCUT2D eigenvalue weighted by Crippen LogP contribution is 2.35. The van der Waals surface area contributed by atoms with Crippen LogP contribution in [0.5, 0.6) is 0 Å². The number of aromatic nitrogens is 4. The molecule has 31 heavy (non-hydrogen) atoms. The van der Waals surface area contributed by atoms with Crippen molar-refractivity contribution in [3.8, 4) is 28.6 Å². The summed E-state index contributed by atoms with van der Waals surface area (Å²) < 4.78 is 4.70. The molecule has 5 aromatic rings. The minimum Gasteiger partial charge on any atom is -0.296 e. The summed E-state index contributed by atoms with van der Waals surface area (Å²) in [5.74, 6) is 0. The first kappa shape index (κ1) is 19.4. The van der Waals surface area contributed by atoms with Gasteiger partial charge in [-0.1, -0.05) is 35.3 Å². The van der Waals surface area contributed by atoms with Crippen LogP contribution in [-0.4, -0.2) is 18.9 Å². The quantitative estimate of drug-likeness (QED) is 0.373. The molecule has 0 aliphatic heterocycles. The van der Waals surface area contributed by atoms with Crippen LogP contribution in [0.2, 0.25) is 10.0 Å². The Bertz CT molecular complexity index is 1620. The number of halogens is 2. The highest BCUT2D eigenvalue weighted by Gasteiger charge is 2.19. The van der Waals surface area contributed by atoms with Crippen molar-refractivity contribution in [3.63, 3.8) is 0 Å². The third kappa shape index (κ3) is 2.94. The minimum atomic E-state index is -0.249. The van der Waals surface area contributed by atoms with Crippen LogP contribution in [0.1, 0.15) is 0 Å². The highest BCUT2D eigenvalue weighted by atomic mass is 35.5. The molecule has 8 heteroatoms. The molecule has 152 valence electrons. The van der Waals surface area contributed by atoms with Gasteiger partial charge < -0.3 is 0 Å². The van der Waals surface area contributed by atoms with E-state index in [9.17, 15) is 10.1 Å². The Kier molecular flexibility index (Phi) is 4.40. The van der Waals surface area contributed by atoms with Gasteiger partial charge in [-0.3, -0.25) is 14.0 Å². The predicted molar refractivity (Wildman–Crippen MR) is 123 cm³/mol. The van der Waals surface area contributed by atoms with Crippen molar-refractivity contribution in [1.82, 2.24) is 18.9 Å². The fourth-order valence-corrected chi connectivity index (χ4v) is 4.50. The smallest absolute Gasteiger partial charge is 0.259 e. The number of benzene rings is 2. The number of fused-ring (bicyclic) bond motifs is 3. The van der Waals surface area contributed by atoms with Crippen molar-refractivity contribution in [3.05, 3.63) is 75.1 Å². The zero-order valence-electron chi connectivity index (χ0n) is 16.6. The van der Waals surface area contributed by atoms with E-state index in [1.807, 2.05) is 37.5 Å². The van der Waals surface area contributed by atoms with Gasteiger partial charge in [0.15, 0.2) is 6.19 Å². The summed E-state index contributed by atoms with van der Waals surface area (Å²) in [6.45, 7) is 0. The van der Waals surface area contributed by atoms with Gasteiger partial charge in [-0.05, 0) is 36.4 Å². The Balaban J connectivity index is 1.89. The van der Waals surface area contributed by atoms with Crippen LogP contribution in [0, 0.1) is 11.5 Å². The first-order chi connectivity index (χ1) is 14.9. The second kappa shape index (κ2) is 7.02. The van der Waals surface area contributed by atoms with Crippen LogP contribution in [-0.2, 0) is 14.1 Å². The fourth-order valence-electron chi connectivity index (χ4n) is 3.99. The van der Waals surface area contributed by atoms with E-state index in [1.165, 1.54) is 9.13 Å². The summed E-state index contributed by atoms with van der Waals surface area (Å²) in [6.07, 6.45) is 4.07. The number of aryl methyl sites for hydroxylation is 2. The van der Waals surface area contributed by atoms with Gasteiger partial charge in [0.1, 0.15) is 5.65 Å². The van der Waals surface area contributed by atoms with Gasteiger partial charge in [0.05, 0.1) is 16.2 Å². The van der Waals surface area contributed by atoms with Crippen LogP contribution >= 0.6 is 23.2 Å². The van der Waals surface area contributed by atoms with Crippen LogP contribution < -0.4 is 5.56 Å². The highest BCUT2D eigenvalue weighted by molar-refractivity contribution is 6.36. The molecule has 0 atom stereocenters. The van der Waals surface area contributed by atoms with Crippen molar-refractivity contribution in [2.75, 3.05) is 0 Å². The van der Waals surface area contributed by atoms with Crippen LogP contribution in [0.3, 0.4) is 0 Å². The average Bonchev–Trinajstić information content (AvgIpc) is 3.31.